The van der Waals surface area contributed by atoms with Crippen LogP contribution in [0.5, 0.6) is 0 Å². The van der Waals surface area contributed by atoms with Crippen molar-refractivity contribution in [3.8, 4) is 0 Å². The Hall–Kier alpha value is -1.07. The van der Waals surface area contributed by atoms with Gasteiger partial charge in [-0.1, -0.05) is 0 Å². The number of fused-ring (bicyclic) bond motifs is 1. The van der Waals surface area contributed by atoms with Crippen LogP contribution in [0.15, 0.2) is 12.3 Å². The molecule has 1 saturated heterocycles. The largest absolute Gasteiger partial charge is 0.472 e. The summed E-state index contributed by atoms with van der Waals surface area (Å²) in [6.45, 7) is -0.911. The van der Waals surface area contributed by atoms with E-state index in [1.807, 2.05) is 0 Å². The lowest BCUT2D eigenvalue weighted by Crippen LogP contribution is -2.60. The molecule has 0 bridgehead atoms. The molecule has 3 rings (SSSR count). The van der Waals surface area contributed by atoms with E-state index in [0.717, 1.165) is 0 Å². The molecule has 0 aromatic rings. The molecule has 9 nitrogen and oxygen atoms in total. The Labute approximate surface area is 138 Å². The fourth-order valence-corrected chi connectivity index (χ4v) is 3.59. The Kier molecular flexibility index (Phi) is 5.21. The van der Waals surface area contributed by atoms with Crippen molar-refractivity contribution in [2.24, 2.45) is 17.8 Å². The number of ketones is 1. The van der Waals surface area contributed by atoms with Crippen molar-refractivity contribution in [3.63, 3.8) is 0 Å². The van der Waals surface area contributed by atoms with Crippen LogP contribution in [0.25, 0.3) is 0 Å². The molecule has 24 heavy (non-hydrogen) atoms. The van der Waals surface area contributed by atoms with Crippen molar-refractivity contribution in [3.05, 3.63) is 12.3 Å². The monoisotopic (exact) mass is 346 g/mol. The maximum absolute atomic E-state index is 12.0. The molecule has 1 aliphatic carbocycles. The molecule has 9 atom stereocenters. The van der Waals surface area contributed by atoms with E-state index in [1.165, 1.54) is 6.26 Å². The number of ether oxygens (including phenoxy) is 3. The van der Waals surface area contributed by atoms with E-state index in [0.29, 0.717) is 0 Å². The number of carbonyl (C=O) groups is 1. The molecular formula is C15H22O9. The molecule has 0 unspecified atom stereocenters. The summed E-state index contributed by atoms with van der Waals surface area (Å²) in [5.41, 5.74) is 0. The Morgan fingerprint density at radius 2 is 1.83 bits per heavy atom. The van der Waals surface area contributed by atoms with Gasteiger partial charge >= 0.3 is 0 Å². The third-order valence-corrected chi connectivity index (χ3v) is 4.98. The molecule has 0 aromatic heterocycles. The van der Waals surface area contributed by atoms with E-state index in [4.69, 9.17) is 14.2 Å². The quantitative estimate of drug-likeness (QED) is 0.372. The second-order valence-corrected chi connectivity index (χ2v) is 6.37. The highest BCUT2D eigenvalue weighted by Gasteiger charge is 2.51. The molecule has 9 heteroatoms. The lowest BCUT2D eigenvalue weighted by molar-refractivity contribution is -0.342. The van der Waals surface area contributed by atoms with Crippen molar-refractivity contribution >= 4 is 5.78 Å². The maximum atomic E-state index is 12.0. The predicted octanol–water partition coefficient (Wildman–Crippen LogP) is -2.51. The fraction of sp³-hybridized carbons (Fsp3) is 0.800. The average molecular weight is 346 g/mol. The summed E-state index contributed by atoms with van der Waals surface area (Å²) in [4.78, 5) is 12.0. The van der Waals surface area contributed by atoms with Gasteiger partial charge < -0.3 is 39.7 Å². The highest BCUT2D eigenvalue weighted by atomic mass is 16.8. The van der Waals surface area contributed by atoms with Gasteiger partial charge in [0.2, 0.25) is 6.29 Å². The lowest BCUT2D eigenvalue weighted by Gasteiger charge is -2.42. The molecule has 5 N–H and O–H groups in total. The van der Waals surface area contributed by atoms with Crippen molar-refractivity contribution < 1.29 is 44.5 Å². The van der Waals surface area contributed by atoms with Crippen molar-refractivity contribution in [2.75, 3.05) is 13.2 Å². The molecule has 3 aliphatic rings. The number of hydrogen-bond acceptors (Lipinski definition) is 9. The van der Waals surface area contributed by atoms with Gasteiger partial charge in [-0.2, -0.15) is 0 Å². The molecule has 0 spiro atoms. The van der Waals surface area contributed by atoms with Gasteiger partial charge in [0.05, 0.1) is 25.4 Å². The normalized spacial score (nSPS) is 48.2. The maximum Gasteiger partial charge on any atom is 0.205 e. The standard InChI is InChI=1S/C15H22O9/c16-4-7-8(18)3-6-1-2-22-14(10(6)7)24-15-13(21)12(20)11(19)9(5-17)23-15/h1-2,6-7,9-17,19-21H,3-5H2/t6-,7-,9+,10-,11+,12-,13+,14-,15-/m0/s1. The predicted molar refractivity (Wildman–Crippen MR) is 76.0 cm³/mol. The van der Waals surface area contributed by atoms with Crippen LogP contribution in [0.4, 0.5) is 0 Å². The van der Waals surface area contributed by atoms with Crippen LogP contribution < -0.4 is 0 Å². The summed E-state index contributed by atoms with van der Waals surface area (Å²) in [6, 6.07) is 0. The van der Waals surface area contributed by atoms with Crippen LogP contribution in [0, 0.1) is 17.8 Å². The van der Waals surface area contributed by atoms with E-state index in [-0.39, 0.29) is 24.7 Å². The molecule has 0 aromatic carbocycles. The van der Waals surface area contributed by atoms with Gasteiger partial charge in [0, 0.05) is 12.3 Å². The van der Waals surface area contributed by atoms with Crippen molar-refractivity contribution in [2.45, 2.75) is 43.4 Å². The van der Waals surface area contributed by atoms with Crippen LogP contribution in [0.1, 0.15) is 6.42 Å². The number of hydrogen-bond donors (Lipinski definition) is 5. The SMILES string of the molecule is O=C1C[C@@H]2C=CO[C@@H](O[C@@H]3O[C@H](CO)[C@@H](O)[C@H](O)[C@H]3O)[C@@H]2[C@H]1CO. The van der Waals surface area contributed by atoms with Crippen LogP contribution >= 0.6 is 0 Å². The van der Waals surface area contributed by atoms with Crippen LogP contribution in [-0.4, -0.2) is 81.5 Å². The Morgan fingerprint density at radius 1 is 1.08 bits per heavy atom. The number of carbonyl (C=O) groups excluding carboxylic acids is 1. The first-order chi connectivity index (χ1) is 11.5. The summed E-state index contributed by atoms with van der Waals surface area (Å²) in [7, 11) is 0. The number of Topliss-reactive ketones (excluding diaryl/α,β-unsaturated/α-hetero) is 1. The molecule has 2 aliphatic heterocycles. The van der Waals surface area contributed by atoms with Gasteiger partial charge in [0.1, 0.15) is 30.2 Å². The minimum Gasteiger partial charge on any atom is -0.472 e. The van der Waals surface area contributed by atoms with E-state index in [2.05, 4.69) is 0 Å². The van der Waals surface area contributed by atoms with E-state index >= 15 is 0 Å². The first kappa shape index (κ1) is 17.7. The van der Waals surface area contributed by atoms with Gasteiger partial charge in [-0.05, 0) is 12.0 Å². The highest BCUT2D eigenvalue weighted by Crippen LogP contribution is 2.42. The highest BCUT2D eigenvalue weighted by molar-refractivity contribution is 5.84. The van der Waals surface area contributed by atoms with Gasteiger partial charge in [0.25, 0.3) is 0 Å². The molecular weight excluding hydrogens is 324 g/mol. The first-order valence-corrected chi connectivity index (χ1v) is 7.89. The van der Waals surface area contributed by atoms with Gasteiger partial charge in [0.15, 0.2) is 6.29 Å². The first-order valence-electron chi connectivity index (χ1n) is 7.89. The van der Waals surface area contributed by atoms with Crippen molar-refractivity contribution in [1.29, 1.82) is 0 Å². The summed E-state index contributed by atoms with van der Waals surface area (Å²) < 4.78 is 16.3. The summed E-state index contributed by atoms with van der Waals surface area (Å²) in [6.07, 6.45) is -4.63. The number of aliphatic hydroxyl groups is 5. The zero-order valence-electron chi connectivity index (χ0n) is 12.8. The number of aliphatic hydroxyl groups excluding tert-OH is 5. The summed E-state index contributed by atoms with van der Waals surface area (Å²) in [5, 5.41) is 48.3. The van der Waals surface area contributed by atoms with Crippen LogP contribution in [0.3, 0.4) is 0 Å². The zero-order valence-corrected chi connectivity index (χ0v) is 12.8. The second kappa shape index (κ2) is 7.04. The smallest absolute Gasteiger partial charge is 0.205 e. The van der Waals surface area contributed by atoms with E-state index in [1.54, 1.807) is 6.08 Å². The van der Waals surface area contributed by atoms with Gasteiger partial charge in [-0.3, -0.25) is 4.79 Å². The number of rotatable bonds is 4. The van der Waals surface area contributed by atoms with Crippen LogP contribution in [0.2, 0.25) is 0 Å². The van der Waals surface area contributed by atoms with Crippen LogP contribution in [-0.2, 0) is 19.0 Å². The minimum atomic E-state index is -1.56. The lowest BCUT2D eigenvalue weighted by atomic mass is 9.87. The van der Waals surface area contributed by atoms with Gasteiger partial charge in [-0.15, -0.1) is 0 Å². The Bertz CT molecular complexity index is 493. The number of allylic oxidation sites excluding steroid dienone is 1. The summed E-state index contributed by atoms with van der Waals surface area (Å²) in [5.74, 6) is -1.34. The van der Waals surface area contributed by atoms with Crippen molar-refractivity contribution in [1.82, 2.24) is 0 Å². The Balaban J connectivity index is 1.74. The second-order valence-electron chi connectivity index (χ2n) is 6.37. The van der Waals surface area contributed by atoms with E-state index < -0.39 is 55.4 Å². The molecule has 1 saturated carbocycles. The third-order valence-electron chi connectivity index (χ3n) is 4.98. The summed E-state index contributed by atoms with van der Waals surface area (Å²) >= 11 is 0. The van der Waals surface area contributed by atoms with Gasteiger partial charge in [-0.25, -0.2) is 0 Å². The minimum absolute atomic E-state index is 0.0925. The fourth-order valence-electron chi connectivity index (χ4n) is 3.59. The topological polar surface area (TPSA) is 146 Å². The zero-order chi connectivity index (χ0) is 17.4. The third kappa shape index (κ3) is 2.97. The molecule has 2 heterocycles. The molecule has 0 amide bonds. The molecule has 0 radical (unpaired) electrons. The van der Waals surface area contributed by atoms with E-state index in [9.17, 15) is 30.3 Å². The average Bonchev–Trinajstić information content (AvgIpc) is 2.91. The Morgan fingerprint density at radius 3 is 2.50 bits per heavy atom. The molecule has 2 fully saturated rings. The molecule has 136 valence electrons.